The lowest BCUT2D eigenvalue weighted by Crippen LogP contribution is -2.16. The van der Waals surface area contributed by atoms with Crippen molar-refractivity contribution in [3.05, 3.63) is 77.0 Å². The third-order valence-corrected chi connectivity index (χ3v) is 5.29. The molecule has 0 bridgehead atoms. The van der Waals surface area contributed by atoms with Crippen LogP contribution in [0, 0.1) is 11.6 Å². The van der Waals surface area contributed by atoms with Gasteiger partial charge in [0.15, 0.2) is 0 Å². The Balaban J connectivity index is 1.80. The Morgan fingerprint density at radius 1 is 1.07 bits per heavy atom. The van der Waals surface area contributed by atoms with Gasteiger partial charge in [-0.05, 0) is 55.8 Å². The number of nitrogens with zero attached hydrogens (tertiary/aromatic N) is 2. The van der Waals surface area contributed by atoms with Crippen LogP contribution in [-0.2, 0) is 13.0 Å². The van der Waals surface area contributed by atoms with Crippen LogP contribution in [-0.4, -0.2) is 16.3 Å². The van der Waals surface area contributed by atoms with Crippen LogP contribution in [0.5, 0.6) is 0 Å². The quantitative estimate of drug-likeness (QED) is 0.714. The van der Waals surface area contributed by atoms with E-state index in [0.717, 1.165) is 43.0 Å². The molecule has 2 aromatic carbocycles. The van der Waals surface area contributed by atoms with Gasteiger partial charge in [0, 0.05) is 22.9 Å². The Kier molecular flexibility index (Phi) is 5.03. The zero-order valence-corrected chi connectivity index (χ0v) is 15.2. The summed E-state index contributed by atoms with van der Waals surface area (Å²) in [4.78, 5) is 0. The maximum Gasteiger partial charge on any atom is 0.126 e. The Labute approximate surface area is 157 Å². The van der Waals surface area contributed by atoms with Crippen LogP contribution in [0.2, 0.25) is 0 Å². The van der Waals surface area contributed by atoms with Crippen LogP contribution < -0.4 is 5.73 Å². The van der Waals surface area contributed by atoms with Crippen molar-refractivity contribution >= 4 is 0 Å². The lowest BCUT2D eigenvalue weighted by atomic mass is 9.82. The van der Waals surface area contributed by atoms with E-state index in [9.17, 15) is 8.78 Å². The molecule has 3 nitrogen and oxygen atoms in total. The summed E-state index contributed by atoms with van der Waals surface area (Å²) in [6.07, 6.45) is 4.03. The topological polar surface area (TPSA) is 43.8 Å². The summed E-state index contributed by atoms with van der Waals surface area (Å²) < 4.78 is 29.2. The molecule has 0 aliphatic heterocycles. The number of hydrogen-bond donors (Lipinski definition) is 1. The minimum Gasteiger partial charge on any atom is -0.330 e. The average molecular weight is 367 g/mol. The van der Waals surface area contributed by atoms with Gasteiger partial charge in [0.1, 0.15) is 11.6 Å². The third-order valence-electron chi connectivity index (χ3n) is 5.29. The van der Waals surface area contributed by atoms with E-state index in [4.69, 9.17) is 10.8 Å². The second-order valence-corrected chi connectivity index (χ2v) is 7.18. The van der Waals surface area contributed by atoms with Gasteiger partial charge in [0.05, 0.1) is 12.2 Å². The molecule has 1 unspecified atom stereocenters. The normalized spacial score (nSPS) is 16.3. The lowest BCUT2D eigenvalue weighted by molar-refractivity contribution is 0.505. The van der Waals surface area contributed by atoms with Crippen LogP contribution in [0.25, 0.3) is 11.3 Å². The van der Waals surface area contributed by atoms with E-state index in [0.29, 0.717) is 24.6 Å². The number of fused-ring (bicyclic) bond motifs is 1. The molecule has 0 saturated heterocycles. The Morgan fingerprint density at radius 3 is 2.52 bits per heavy atom. The highest BCUT2D eigenvalue weighted by Crippen LogP contribution is 2.40. The molecular formula is C22H23F2N3. The van der Waals surface area contributed by atoms with Gasteiger partial charge in [-0.1, -0.05) is 30.3 Å². The second-order valence-electron chi connectivity index (χ2n) is 7.18. The summed E-state index contributed by atoms with van der Waals surface area (Å²) in [5.74, 6) is -0.738. The van der Waals surface area contributed by atoms with Crippen molar-refractivity contribution in [2.75, 3.05) is 6.54 Å². The summed E-state index contributed by atoms with van der Waals surface area (Å²) in [5.41, 5.74) is 10.9. The van der Waals surface area contributed by atoms with Gasteiger partial charge in [-0.2, -0.15) is 5.10 Å². The van der Waals surface area contributed by atoms with Crippen LogP contribution >= 0.6 is 0 Å². The van der Waals surface area contributed by atoms with Crippen molar-refractivity contribution in [2.45, 2.75) is 38.1 Å². The molecule has 1 atom stereocenters. The monoisotopic (exact) mass is 367 g/mol. The predicted octanol–water partition coefficient (Wildman–Crippen LogP) is 4.65. The molecule has 2 N–H and O–H groups in total. The molecule has 1 aliphatic rings. The van der Waals surface area contributed by atoms with Crippen LogP contribution in [0.15, 0.2) is 48.5 Å². The first-order valence-corrected chi connectivity index (χ1v) is 9.45. The van der Waals surface area contributed by atoms with E-state index >= 15 is 0 Å². The maximum absolute atomic E-state index is 13.6. The van der Waals surface area contributed by atoms with Crippen molar-refractivity contribution in [1.29, 1.82) is 0 Å². The molecule has 0 radical (unpaired) electrons. The highest BCUT2D eigenvalue weighted by atomic mass is 19.1. The molecule has 1 aliphatic carbocycles. The van der Waals surface area contributed by atoms with E-state index in [2.05, 4.69) is 12.1 Å². The van der Waals surface area contributed by atoms with Crippen molar-refractivity contribution in [3.63, 3.8) is 0 Å². The van der Waals surface area contributed by atoms with Gasteiger partial charge in [-0.3, -0.25) is 4.68 Å². The fourth-order valence-electron chi connectivity index (χ4n) is 4.17. The number of nitrogens with two attached hydrogens (primary N) is 1. The number of hydrogen-bond acceptors (Lipinski definition) is 2. The molecule has 3 aromatic rings. The molecule has 0 saturated carbocycles. The Morgan fingerprint density at radius 2 is 1.81 bits per heavy atom. The van der Waals surface area contributed by atoms with Gasteiger partial charge in [0.2, 0.25) is 0 Å². The smallest absolute Gasteiger partial charge is 0.126 e. The molecule has 0 amide bonds. The largest absolute Gasteiger partial charge is 0.330 e. The minimum absolute atomic E-state index is 0.360. The highest BCUT2D eigenvalue weighted by molar-refractivity contribution is 5.65. The summed E-state index contributed by atoms with van der Waals surface area (Å²) >= 11 is 0. The van der Waals surface area contributed by atoms with E-state index in [-0.39, 0.29) is 0 Å². The summed E-state index contributed by atoms with van der Waals surface area (Å²) in [5, 5.41) is 4.88. The molecular weight excluding hydrogens is 344 g/mol. The summed E-state index contributed by atoms with van der Waals surface area (Å²) in [7, 11) is 0. The Hall–Kier alpha value is -2.53. The zero-order valence-electron chi connectivity index (χ0n) is 15.2. The second kappa shape index (κ2) is 7.61. The fraction of sp³-hybridized carbons (Fsp3) is 0.318. The zero-order chi connectivity index (χ0) is 18.8. The van der Waals surface area contributed by atoms with Crippen LogP contribution in [0.4, 0.5) is 8.78 Å². The van der Waals surface area contributed by atoms with Gasteiger partial charge in [0.25, 0.3) is 0 Å². The SMILES string of the molecule is NCCC1CCCc2c1c(-c1ccccc1)nn2Cc1cc(F)cc(F)c1. The highest BCUT2D eigenvalue weighted by Gasteiger charge is 2.28. The van der Waals surface area contributed by atoms with Gasteiger partial charge >= 0.3 is 0 Å². The molecule has 0 fully saturated rings. The molecule has 140 valence electrons. The molecule has 4 rings (SSSR count). The number of rotatable bonds is 5. The molecule has 27 heavy (non-hydrogen) atoms. The maximum atomic E-state index is 13.6. The number of benzene rings is 2. The van der Waals surface area contributed by atoms with E-state index in [1.165, 1.54) is 23.4 Å². The molecule has 0 spiro atoms. The molecule has 1 aromatic heterocycles. The van der Waals surface area contributed by atoms with E-state index in [1.54, 1.807) is 0 Å². The number of aromatic nitrogens is 2. The van der Waals surface area contributed by atoms with E-state index in [1.807, 2.05) is 22.9 Å². The standard InChI is InChI=1S/C22H23F2N3/c23-18-11-15(12-19(24)13-18)14-27-20-8-4-7-16(9-10-25)21(20)22(26-27)17-5-2-1-3-6-17/h1-3,5-6,11-13,16H,4,7-10,14,25H2. The van der Waals surface area contributed by atoms with Gasteiger partial charge in [-0.25, -0.2) is 8.78 Å². The Bertz CT molecular complexity index is 914. The summed E-state index contributed by atoms with van der Waals surface area (Å²) in [6.45, 7) is 0.998. The third kappa shape index (κ3) is 3.65. The van der Waals surface area contributed by atoms with E-state index < -0.39 is 11.6 Å². The van der Waals surface area contributed by atoms with Crippen LogP contribution in [0.3, 0.4) is 0 Å². The van der Waals surface area contributed by atoms with Gasteiger partial charge in [-0.15, -0.1) is 0 Å². The lowest BCUT2D eigenvalue weighted by Gasteiger charge is -2.24. The van der Waals surface area contributed by atoms with Crippen LogP contribution in [0.1, 0.15) is 42.0 Å². The minimum atomic E-state index is -0.560. The van der Waals surface area contributed by atoms with Crippen molar-refractivity contribution in [1.82, 2.24) is 9.78 Å². The van der Waals surface area contributed by atoms with Crippen molar-refractivity contribution in [3.8, 4) is 11.3 Å². The van der Waals surface area contributed by atoms with Gasteiger partial charge < -0.3 is 5.73 Å². The fourth-order valence-corrected chi connectivity index (χ4v) is 4.17. The average Bonchev–Trinajstić information content (AvgIpc) is 3.01. The molecule has 5 heteroatoms. The first-order valence-electron chi connectivity index (χ1n) is 9.45. The first kappa shape index (κ1) is 17.9. The molecule has 1 heterocycles. The van der Waals surface area contributed by atoms with Crippen molar-refractivity contribution < 1.29 is 8.78 Å². The predicted molar refractivity (Wildman–Crippen MR) is 102 cm³/mol. The van der Waals surface area contributed by atoms with Crippen molar-refractivity contribution in [2.24, 2.45) is 5.73 Å². The number of halogens is 2. The summed E-state index contributed by atoms with van der Waals surface area (Å²) in [6, 6.07) is 13.8. The first-order chi connectivity index (χ1) is 13.2.